The maximum absolute atomic E-state index is 12.1. The Kier molecular flexibility index (Phi) is 4.39. The predicted octanol–water partition coefficient (Wildman–Crippen LogP) is 0.841. The number of likely N-dealkylation sites (tertiary alicyclic amines) is 1. The van der Waals surface area contributed by atoms with Gasteiger partial charge in [-0.25, -0.2) is 9.59 Å². The van der Waals surface area contributed by atoms with Crippen LogP contribution in [0.15, 0.2) is 0 Å². The van der Waals surface area contributed by atoms with Gasteiger partial charge in [-0.15, -0.1) is 0 Å². The Hall–Kier alpha value is -1.79. The Bertz CT molecular complexity index is 388. The molecule has 1 saturated heterocycles. The van der Waals surface area contributed by atoms with Crippen molar-refractivity contribution >= 4 is 18.0 Å². The normalized spacial score (nSPS) is 19.3. The second-order valence-electron chi connectivity index (χ2n) is 5.62. The molecule has 2 N–H and O–H groups in total. The zero-order chi connectivity index (χ0) is 14.8. The van der Waals surface area contributed by atoms with Gasteiger partial charge < -0.3 is 15.1 Å². The summed E-state index contributed by atoms with van der Waals surface area (Å²) in [4.78, 5) is 36.5. The van der Waals surface area contributed by atoms with Gasteiger partial charge in [-0.3, -0.25) is 9.69 Å². The number of carbonyl (C=O) groups excluding carboxylic acids is 1. The topological polar surface area (TPSA) is 98.2 Å². The minimum atomic E-state index is -1.19. The lowest BCUT2D eigenvalue weighted by Crippen LogP contribution is -2.52. The van der Waals surface area contributed by atoms with Gasteiger partial charge in [0.15, 0.2) is 0 Å². The lowest BCUT2D eigenvalue weighted by atomic mass is 10.1. The smallest absolute Gasteiger partial charge is 0.408 e. The van der Waals surface area contributed by atoms with Crippen LogP contribution in [0.3, 0.4) is 0 Å². The average Bonchev–Trinajstić information content (AvgIpc) is 2.72. The van der Waals surface area contributed by atoms with E-state index in [0.717, 1.165) is 4.90 Å². The summed E-state index contributed by atoms with van der Waals surface area (Å²) in [5, 5.41) is 18.1. The van der Waals surface area contributed by atoms with Crippen LogP contribution in [0, 0.1) is 0 Å². The molecule has 0 spiro atoms. The lowest BCUT2D eigenvalue weighted by molar-refractivity contribution is -0.148. The summed E-state index contributed by atoms with van der Waals surface area (Å²) in [5.74, 6) is -1.49. The summed E-state index contributed by atoms with van der Waals surface area (Å²) in [6.45, 7) is 5.11. The summed E-state index contributed by atoms with van der Waals surface area (Å²) in [5.41, 5.74) is -0.708. The SMILES string of the molecule is CC(C)(C)N(CC(=O)N1CCC[C@H]1C(=O)O)C(=O)O. The van der Waals surface area contributed by atoms with Gasteiger partial charge in [-0.1, -0.05) is 0 Å². The van der Waals surface area contributed by atoms with Crippen LogP contribution < -0.4 is 0 Å². The van der Waals surface area contributed by atoms with Crippen LogP contribution >= 0.6 is 0 Å². The summed E-state index contributed by atoms with van der Waals surface area (Å²) in [6, 6.07) is -0.830. The molecule has 0 aromatic heterocycles. The van der Waals surface area contributed by atoms with Crippen molar-refractivity contribution in [2.75, 3.05) is 13.1 Å². The highest BCUT2D eigenvalue weighted by Gasteiger charge is 2.36. The van der Waals surface area contributed by atoms with E-state index in [1.807, 2.05) is 0 Å². The molecule has 0 unspecified atom stereocenters. The van der Waals surface area contributed by atoms with Crippen LogP contribution in [0.25, 0.3) is 0 Å². The largest absolute Gasteiger partial charge is 0.480 e. The van der Waals surface area contributed by atoms with Gasteiger partial charge >= 0.3 is 12.1 Å². The first kappa shape index (κ1) is 15.3. The minimum absolute atomic E-state index is 0.317. The maximum Gasteiger partial charge on any atom is 0.408 e. The predicted molar refractivity (Wildman–Crippen MR) is 66.9 cm³/mol. The minimum Gasteiger partial charge on any atom is -0.480 e. The van der Waals surface area contributed by atoms with Crippen LogP contribution in [-0.2, 0) is 9.59 Å². The Morgan fingerprint density at radius 2 is 1.84 bits per heavy atom. The van der Waals surface area contributed by atoms with Gasteiger partial charge in [0.2, 0.25) is 5.91 Å². The highest BCUT2D eigenvalue weighted by Crippen LogP contribution is 2.20. The third kappa shape index (κ3) is 3.59. The second kappa shape index (κ2) is 5.46. The number of hydrogen-bond acceptors (Lipinski definition) is 3. The Labute approximate surface area is 111 Å². The molecular formula is C12H20N2O5. The fourth-order valence-corrected chi connectivity index (χ4v) is 2.14. The Morgan fingerprint density at radius 3 is 2.26 bits per heavy atom. The van der Waals surface area contributed by atoms with Crippen LogP contribution in [0.2, 0.25) is 0 Å². The molecule has 0 saturated carbocycles. The molecule has 1 atom stereocenters. The molecule has 7 nitrogen and oxygen atoms in total. The molecule has 0 radical (unpaired) electrons. The molecule has 108 valence electrons. The molecule has 1 aliphatic rings. The van der Waals surface area contributed by atoms with Gasteiger partial charge in [-0.05, 0) is 33.6 Å². The van der Waals surface area contributed by atoms with Gasteiger partial charge in [-0.2, -0.15) is 0 Å². The molecule has 7 heteroatoms. The highest BCUT2D eigenvalue weighted by atomic mass is 16.4. The summed E-state index contributed by atoms with van der Waals surface area (Å²) < 4.78 is 0. The fraction of sp³-hybridized carbons (Fsp3) is 0.750. The van der Waals surface area contributed by atoms with Crippen LogP contribution in [0.5, 0.6) is 0 Å². The number of carboxylic acid groups (broad SMARTS) is 2. The molecule has 19 heavy (non-hydrogen) atoms. The van der Waals surface area contributed by atoms with E-state index in [1.54, 1.807) is 20.8 Å². The fourth-order valence-electron chi connectivity index (χ4n) is 2.14. The Morgan fingerprint density at radius 1 is 1.26 bits per heavy atom. The van der Waals surface area contributed by atoms with Crippen molar-refractivity contribution in [3.05, 3.63) is 0 Å². The number of aliphatic carboxylic acids is 1. The molecule has 0 aromatic carbocycles. The number of amides is 2. The molecule has 1 fully saturated rings. The first-order valence-electron chi connectivity index (χ1n) is 6.17. The van der Waals surface area contributed by atoms with E-state index in [4.69, 9.17) is 10.2 Å². The zero-order valence-corrected chi connectivity index (χ0v) is 11.4. The Balaban J connectivity index is 2.78. The lowest BCUT2D eigenvalue weighted by Gasteiger charge is -2.34. The molecule has 0 aromatic rings. The number of rotatable bonds is 3. The highest BCUT2D eigenvalue weighted by molar-refractivity contribution is 5.87. The molecule has 2 amide bonds. The van der Waals surface area contributed by atoms with Crippen molar-refractivity contribution in [3.63, 3.8) is 0 Å². The van der Waals surface area contributed by atoms with Gasteiger partial charge in [0.1, 0.15) is 12.6 Å². The molecule has 1 aliphatic heterocycles. The summed E-state index contributed by atoms with van der Waals surface area (Å²) in [6.07, 6.45) is -0.137. The molecular weight excluding hydrogens is 252 g/mol. The third-order valence-corrected chi connectivity index (χ3v) is 3.19. The van der Waals surface area contributed by atoms with E-state index >= 15 is 0 Å². The van der Waals surface area contributed by atoms with E-state index in [-0.39, 0.29) is 6.54 Å². The van der Waals surface area contributed by atoms with E-state index in [0.29, 0.717) is 19.4 Å². The van der Waals surface area contributed by atoms with E-state index in [2.05, 4.69) is 0 Å². The third-order valence-electron chi connectivity index (χ3n) is 3.19. The van der Waals surface area contributed by atoms with Crippen molar-refractivity contribution < 1.29 is 24.6 Å². The molecule has 1 heterocycles. The van der Waals surface area contributed by atoms with Crippen molar-refractivity contribution in [1.82, 2.24) is 9.80 Å². The first-order valence-corrected chi connectivity index (χ1v) is 6.17. The standard InChI is InChI=1S/C12H20N2O5/c1-12(2,3)14(11(18)19)7-9(15)13-6-4-5-8(13)10(16)17/h8H,4-7H2,1-3H3,(H,16,17)(H,18,19)/t8-/m0/s1. The van der Waals surface area contributed by atoms with Crippen LogP contribution in [-0.4, -0.2) is 62.7 Å². The summed E-state index contributed by atoms with van der Waals surface area (Å²) in [7, 11) is 0. The number of hydrogen-bond donors (Lipinski definition) is 2. The molecule has 1 rings (SSSR count). The van der Waals surface area contributed by atoms with Crippen molar-refractivity contribution in [2.24, 2.45) is 0 Å². The average molecular weight is 272 g/mol. The maximum atomic E-state index is 12.1. The monoisotopic (exact) mass is 272 g/mol. The number of nitrogens with zero attached hydrogens (tertiary/aromatic N) is 2. The van der Waals surface area contributed by atoms with Gasteiger partial charge in [0.05, 0.1) is 0 Å². The van der Waals surface area contributed by atoms with Crippen molar-refractivity contribution in [1.29, 1.82) is 0 Å². The molecule has 0 aliphatic carbocycles. The summed E-state index contributed by atoms with van der Waals surface area (Å²) >= 11 is 0. The number of carboxylic acids is 1. The van der Waals surface area contributed by atoms with E-state index in [9.17, 15) is 14.4 Å². The van der Waals surface area contributed by atoms with Gasteiger partial charge in [0, 0.05) is 12.1 Å². The zero-order valence-electron chi connectivity index (χ0n) is 11.4. The quantitative estimate of drug-likeness (QED) is 0.793. The van der Waals surface area contributed by atoms with E-state index < -0.39 is 29.6 Å². The van der Waals surface area contributed by atoms with Crippen molar-refractivity contribution in [3.8, 4) is 0 Å². The second-order valence-corrected chi connectivity index (χ2v) is 5.62. The first-order chi connectivity index (χ1) is 8.64. The van der Waals surface area contributed by atoms with Crippen molar-refractivity contribution in [2.45, 2.75) is 45.2 Å². The van der Waals surface area contributed by atoms with Crippen LogP contribution in [0.1, 0.15) is 33.6 Å². The van der Waals surface area contributed by atoms with E-state index in [1.165, 1.54) is 4.90 Å². The van der Waals surface area contributed by atoms with Gasteiger partial charge in [0.25, 0.3) is 0 Å². The molecule has 0 bridgehead atoms. The van der Waals surface area contributed by atoms with Crippen LogP contribution in [0.4, 0.5) is 4.79 Å². The number of carbonyl (C=O) groups is 3.